The molecule has 7 atom stereocenters. The first kappa shape index (κ1) is 31.4. The Kier molecular flexibility index (Phi) is 8.78. The number of halogens is 1. The molecule has 2 aliphatic carbocycles. The second-order valence-electron chi connectivity index (χ2n) is 13.2. The van der Waals surface area contributed by atoms with Gasteiger partial charge in [0.15, 0.2) is 0 Å². The molecule has 44 heavy (non-hydrogen) atoms. The summed E-state index contributed by atoms with van der Waals surface area (Å²) in [6.45, 7) is 5.10. The van der Waals surface area contributed by atoms with Gasteiger partial charge in [-0.05, 0) is 106 Å². The minimum atomic E-state index is -4.09. The SMILES string of the molecule is CO[C@H]1/C=C\C[C@H]([C@@H](C)O)[C@@H](C)S(=O)(=O)NC(=O)c2ccc3c(c2)N(C[C@@H]2CC[C@H]21)C[C@@]1(CCCc2cc(Cl)ccc21)CO3. The van der Waals surface area contributed by atoms with Crippen LogP contribution in [0.3, 0.4) is 0 Å². The van der Waals surface area contributed by atoms with Gasteiger partial charge in [-0.2, -0.15) is 0 Å². The van der Waals surface area contributed by atoms with Gasteiger partial charge in [0.25, 0.3) is 5.91 Å². The molecule has 2 bridgehead atoms. The fourth-order valence-corrected chi connectivity index (χ4v) is 9.41. The Bertz CT molecular complexity index is 1540. The predicted molar refractivity (Wildman–Crippen MR) is 172 cm³/mol. The summed E-state index contributed by atoms with van der Waals surface area (Å²) in [5.74, 6) is 0.0507. The molecular weight excluding hydrogens is 600 g/mol. The van der Waals surface area contributed by atoms with Crippen LogP contribution in [0, 0.1) is 17.8 Å². The van der Waals surface area contributed by atoms with Gasteiger partial charge in [-0.15, -0.1) is 0 Å². The lowest BCUT2D eigenvalue weighted by Crippen LogP contribution is -2.49. The van der Waals surface area contributed by atoms with Crippen molar-refractivity contribution in [1.29, 1.82) is 0 Å². The van der Waals surface area contributed by atoms with E-state index in [9.17, 15) is 18.3 Å². The van der Waals surface area contributed by atoms with E-state index in [0.717, 1.165) is 49.4 Å². The van der Waals surface area contributed by atoms with Crippen molar-refractivity contribution in [1.82, 2.24) is 4.72 Å². The van der Waals surface area contributed by atoms with Crippen LogP contribution in [0.25, 0.3) is 0 Å². The van der Waals surface area contributed by atoms with Crippen molar-refractivity contribution in [2.75, 3.05) is 31.7 Å². The van der Waals surface area contributed by atoms with Gasteiger partial charge in [-0.3, -0.25) is 4.79 Å². The number of benzene rings is 2. The first-order chi connectivity index (χ1) is 21.0. The Hall–Kier alpha value is -2.59. The Morgan fingerprint density at radius 1 is 1.20 bits per heavy atom. The molecule has 0 unspecified atom stereocenters. The topological polar surface area (TPSA) is 105 Å². The van der Waals surface area contributed by atoms with Crippen LogP contribution in [0.15, 0.2) is 48.6 Å². The molecule has 2 aromatic carbocycles. The summed E-state index contributed by atoms with van der Waals surface area (Å²) in [6, 6.07) is 11.4. The number of hydrogen-bond acceptors (Lipinski definition) is 7. The molecule has 1 amide bonds. The molecule has 238 valence electrons. The highest BCUT2D eigenvalue weighted by molar-refractivity contribution is 7.90. The zero-order valence-electron chi connectivity index (χ0n) is 25.7. The predicted octanol–water partition coefficient (Wildman–Crippen LogP) is 5.26. The summed E-state index contributed by atoms with van der Waals surface area (Å²) >= 11 is 6.41. The molecule has 6 rings (SSSR count). The molecule has 1 spiro atoms. The Labute approximate surface area is 265 Å². The lowest BCUT2D eigenvalue weighted by molar-refractivity contribution is 0.0130. The average molecular weight is 643 g/mol. The average Bonchev–Trinajstić information content (AvgIpc) is 3.12. The van der Waals surface area contributed by atoms with E-state index in [4.69, 9.17) is 21.1 Å². The second kappa shape index (κ2) is 12.3. The summed E-state index contributed by atoms with van der Waals surface area (Å²) in [6.07, 6.45) is 8.37. The zero-order chi connectivity index (χ0) is 31.2. The maximum Gasteiger partial charge on any atom is 0.264 e. The minimum Gasteiger partial charge on any atom is -0.490 e. The van der Waals surface area contributed by atoms with E-state index < -0.39 is 33.2 Å². The van der Waals surface area contributed by atoms with Crippen molar-refractivity contribution in [3.05, 3.63) is 70.3 Å². The van der Waals surface area contributed by atoms with Crippen molar-refractivity contribution >= 4 is 33.2 Å². The Morgan fingerprint density at radius 3 is 2.75 bits per heavy atom. The third-order valence-corrected chi connectivity index (χ3v) is 12.6. The van der Waals surface area contributed by atoms with E-state index in [1.807, 2.05) is 18.2 Å². The van der Waals surface area contributed by atoms with Gasteiger partial charge in [0.05, 0.1) is 29.8 Å². The van der Waals surface area contributed by atoms with Crippen molar-refractivity contribution in [3.8, 4) is 5.75 Å². The highest BCUT2D eigenvalue weighted by Gasteiger charge is 2.44. The van der Waals surface area contributed by atoms with Crippen molar-refractivity contribution in [2.24, 2.45) is 17.8 Å². The number of anilines is 1. The fourth-order valence-electron chi connectivity index (χ4n) is 7.85. The Balaban J connectivity index is 1.43. The number of aryl methyl sites for hydroxylation is 1. The molecule has 0 aromatic heterocycles. The summed E-state index contributed by atoms with van der Waals surface area (Å²) in [5, 5.41) is 10.2. The smallest absolute Gasteiger partial charge is 0.264 e. The summed E-state index contributed by atoms with van der Waals surface area (Å²) in [4.78, 5) is 15.8. The molecule has 4 aliphatic rings. The van der Waals surface area contributed by atoms with Gasteiger partial charge in [0.2, 0.25) is 10.0 Å². The molecule has 2 N–H and O–H groups in total. The van der Waals surface area contributed by atoms with Gasteiger partial charge in [-0.1, -0.05) is 29.8 Å². The fraction of sp³-hybridized carbons (Fsp3) is 0.559. The number of nitrogens with zero attached hydrogens (tertiary/aromatic N) is 1. The molecule has 0 radical (unpaired) electrons. The van der Waals surface area contributed by atoms with Gasteiger partial charge in [0.1, 0.15) is 5.75 Å². The van der Waals surface area contributed by atoms with Crippen LogP contribution >= 0.6 is 11.6 Å². The number of aliphatic hydroxyl groups is 1. The largest absolute Gasteiger partial charge is 0.490 e. The molecule has 1 fully saturated rings. The standard InChI is InChI=1S/C34H43ClN2O6S/c1-21(38)27-7-4-8-31(42-3)28-12-9-25(28)18-37-19-34(15-5-6-23-16-26(35)11-13-29(23)34)20-43-32-14-10-24(17-30(32)37)33(39)36-44(40,41)22(27)2/h4,8,10-11,13-14,16-17,21-22,25,27-28,31,38H,5-7,9,12,15,18-20H2,1-3H3,(H,36,39)/b8-4-/t21-,22-,25+,27-,28-,31+,34+/m1/s1. The molecule has 2 aromatic rings. The van der Waals surface area contributed by atoms with Gasteiger partial charge in [0, 0.05) is 42.1 Å². The maximum absolute atomic E-state index is 13.5. The zero-order valence-corrected chi connectivity index (χ0v) is 27.2. The van der Waals surface area contributed by atoms with Gasteiger partial charge >= 0.3 is 0 Å². The van der Waals surface area contributed by atoms with Crippen LogP contribution in [-0.2, 0) is 26.6 Å². The van der Waals surface area contributed by atoms with Crippen LogP contribution in [0.2, 0.25) is 5.02 Å². The third-order valence-electron chi connectivity index (χ3n) is 10.6. The van der Waals surface area contributed by atoms with Crippen LogP contribution in [0.5, 0.6) is 5.75 Å². The normalized spacial score (nSPS) is 33.1. The Morgan fingerprint density at radius 2 is 2.02 bits per heavy atom. The van der Waals surface area contributed by atoms with Crippen molar-refractivity contribution < 1.29 is 27.8 Å². The number of amides is 1. The van der Waals surface area contributed by atoms with Crippen LogP contribution in [-0.4, -0.2) is 63.7 Å². The lowest BCUT2D eigenvalue weighted by Gasteiger charge is -2.46. The van der Waals surface area contributed by atoms with Gasteiger partial charge in [-0.25, -0.2) is 13.1 Å². The maximum atomic E-state index is 13.5. The van der Waals surface area contributed by atoms with Crippen LogP contribution < -0.4 is 14.4 Å². The number of nitrogens with one attached hydrogen (secondary N) is 1. The summed E-state index contributed by atoms with van der Waals surface area (Å²) < 4.78 is 41.6. The molecule has 0 saturated heterocycles. The van der Waals surface area contributed by atoms with Crippen LogP contribution in [0.4, 0.5) is 5.69 Å². The molecular formula is C34H43ClN2O6S. The van der Waals surface area contributed by atoms with Crippen molar-refractivity contribution in [3.63, 3.8) is 0 Å². The van der Waals surface area contributed by atoms with E-state index >= 15 is 0 Å². The molecule has 8 nitrogen and oxygen atoms in total. The monoisotopic (exact) mass is 642 g/mol. The summed E-state index contributed by atoms with van der Waals surface area (Å²) in [7, 11) is -2.37. The highest BCUT2D eigenvalue weighted by atomic mass is 35.5. The number of hydrogen-bond donors (Lipinski definition) is 2. The van der Waals surface area contributed by atoms with E-state index in [2.05, 4.69) is 21.8 Å². The number of allylic oxidation sites excluding steroid dienone is 1. The number of carbonyl (C=O) groups excluding carboxylic acids is 1. The number of rotatable bonds is 2. The molecule has 1 saturated carbocycles. The molecule has 2 aliphatic heterocycles. The number of aliphatic hydroxyl groups excluding tert-OH is 1. The van der Waals surface area contributed by atoms with E-state index in [1.54, 1.807) is 39.2 Å². The second-order valence-corrected chi connectivity index (χ2v) is 15.7. The lowest BCUT2D eigenvalue weighted by atomic mass is 9.68. The first-order valence-corrected chi connectivity index (χ1v) is 17.7. The van der Waals surface area contributed by atoms with Crippen LogP contribution in [0.1, 0.15) is 67.4 Å². The number of ether oxygens (including phenoxy) is 2. The summed E-state index contributed by atoms with van der Waals surface area (Å²) in [5.41, 5.74) is 3.32. The highest BCUT2D eigenvalue weighted by Crippen LogP contribution is 2.47. The van der Waals surface area contributed by atoms with E-state index in [-0.39, 0.29) is 17.1 Å². The quantitative estimate of drug-likeness (QED) is 0.431. The number of methoxy groups -OCH3 is 1. The number of carbonyl (C=O) groups is 1. The van der Waals surface area contributed by atoms with Crippen molar-refractivity contribution in [2.45, 2.75) is 75.2 Å². The number of sulfonamides is 1. The van der Waals surface area contributed by atoms with Gasteiger partial charge < -0.3 is 19.5 Å². The number of fused-ring (bicyclic) bond motifs is 4. The molecule has 10 heteroatoms. The third kappa shape index (κ3) is 5.88. The van der Waals surface area contributed by atoms with E-state index in [0.29, 0.717) is 37.2 Å². The van der Waals surface area contributed by atoms with E-state index in [1.165, 1.54) is 11.1 Å². The first-order valence-electron chi connectivity index (χ1n) is 15.8. The minimum absolute atomic E-state index is 0.122. The molecule has 2 heterocycles.